The van der Waals surface area contributed by atoms with Crippen LogP contribution in [0.4, 0.5) is 5.82 Å². The van der Waals surface area contributed by atoms with Gasteiger partial charge < -0.3 is 20.5 Å². The van der Waals surface area contributed by atoms with Gasteiger partial charge in [0, 0.05) is 13.1 Å². The van der Waals surface area contributed by atoms with E-state index in [2.05, 4.69) is 20.8 Å². The van der Waals surface area contributed by atoms with E-state index >= 15 is 0 Å². The molecule has 30 heavy (non-hydrogen) atoms. The Hall–Kier alpha value is -2.94. The molecule has 0 saturated carbocycles. The summed E-state index contributed by atoms with van der Waals surface area (Å²) in [7, 11) is 1.64. The molecule has 3 N–H and O–H groups in total. The van der Waals surface area contributed by atoms with Crippen LogP contribution in [0.25, 0.3) is 16.7 Å². The van der Waals surface area contributed by atoms with Crippen LogP contribution >= 0.6 is 0 Å². The minimum absolute atomic E-state index is 0.0970. The van der Waals surface area contributed by atoms with E-state index in [9.17, 15) is 9.90 Å². The Kier molecular flexibility index (Phi) is 6.71. The lowest BCUT2D eigenvalue weighted by atomic mass is 10.1. The van der Waals surface area contributed by atoms with E-state index in [0.717, 1.165) is 41.0 Å². The van der Waals surface area contributed by atoms with Gasteiger partial charge in [-0.2, -0.15) is 0 Å². The molecule has 0 bridgehead atoms. The quantitative estimate of drug-likeness (QED) is 0.460. The second kappa shape index (κ2) is 9.25. The van der Waals surface area contributed by atoms with Crippen molar-refractivity contribution in [1.29, 1.82) is 0 Å². The lowest BCUT2D eigenvalue weighted by Crippen LogP contribution is -2.38. The average Bonchev–Trinajstić information content (AvgIpc) is 3.11. The fourth-order valence-electron chi connectivity index (χ4n) is 3.37. The van der Waals surface area contributed by atoms with Crippen LogP contribution in [0.15, 0.2) is 12.1 Å². The molecule has 0 spiro atoms. The number of aryl methyl sites for hydroxylation is 2. The van der Waals surface area contributed by atoms with E-state index in [1.165, 1.54) is 0 Å². The molecule has 162 valence electrons. The van der Waals surface area contributed by atoms with Crippen molar-refractivity contribution >= 4 is 28.4 Å². The topological polar surface area (TPSA) is 114 Å². The highest BCUT2D eigenvalue weighted by Gasteiger charge is 2.18. The molecule has 0 aliphatic carbocycles. The Morgan fingerprint density at radius 3 is 2.63 bits per heavy atom. The van der Waals surface area contributed by atoms with Crippen LogP contribution in [0.1, 0.15) is 38.1 Å². The van der Waals surface area contributed by atoms with Crippen LogP contribution in [0.3, 0.4) is 0 Å². The number of carbonyl (C=O) groups excluding carboxylic acids is 1. The van der Waals surface area contributed by atoms with E-state index in [4.69, 9.17) is 9.72 Å². The minimum Gasteiger partial charge on any atom is -0.494 e. The number of nitrogens with one attached hydrogen (secondary N) is 2. The Balaban J connectivity index is 1.69. The van der Waals surface area contributed by atoms with Crippen molar-refractivity contribution in [3.63, 3.8) is 0 Å². The standard InChI is InChI=1S/C21H30N6O3/c1-12(2)17(28)21(29)23-11-7-6-10-22-19-20-26-25-14(4)27(20)15-9-8-13(3)18(30-5)16(15)24-19/h8-9,12,17,28H,6-7,10-11H2,1-5H3,(H,22,24)(H,23,29). The Morgan fingerprint density at radius 1 is 1.20 bits per heavy atom. The van der Waals surface area contributed by atoms with Crippen LogP contribution < -0.4 is 15.4 Å². The molecule has 2 aromatic heterocycles. The first-order valence-electron chi connectivity index (χ1n) is 10.2. The predicted molar refractivity (Wildman–Crippen MR) is 116 cm³/mol. The largest absolute Gasteiger partial charge is 0.494 e. The summed E-state index contributed by atoms with van der Waals surface area (Å²) in [5, 5.41) is 24.3. The first kappa shape index (κ1) is 21.8. The van der Waals surface area contributed by atoms with Crippen LogP contribution in [0.2, 0.25) is 0 Å². The molecule has 3 rings (SSSR count). The van der Waals surface area contributed by atoms with Crippen LogP contribution in [0.5, 0.6) is 5.75 Å². The maximum Gasteiger partial charge on any atom is 0.249 e. The molecule has 9 heteroatoms. The zero-order valence-corrected chi connectivity index (χ0v) is 18.2. The van der Waals surface area contributed by atoms with Gasteiger partial charge in [-0.3, -0.25) is 9.20 Å². The number of hydrogen-bond acceptors (Lipinski definition) is 7. The molecule has 0 radical (unpaired) electrons. The normalized spacial score (nSPS) is 12.5. The molecule has 1 aromatic carbocycles. The monoisotopic (exact) mass is 414 g/mol. The predicted octanol–water partition coefficient (Wildman–Crippen LogP) is 2.23. The smallest absolute Gasteiger partial charge is 0.249 e. The van der Waals surface area contributed by atoms with Crippen molar-refractivity contribution in [3.05, 3.63) is 23.5 Å². The molecule has 0 saturated heterocycles. The Labute approximate surface area is 175 Å². The SMILES string of the molecule is COc1c(C)ccc2c1nc(NCCCCNC(=O)C(O)C(C)C)c1nnc(C)n12. The van der Waals surface area contributed by atoms with E-state index in [1.807, 2.05) is 44.2 Å². The zero-order chi connectivity index (χ0) is 21.8. The number of aliphatic hydroxyl groups excluding tert-OH is 1. The van der Waals surface area contributed by atoms with Gasteiger partial charge in [0.2, 0.25) is 11.6 Å². The van der Waals surface area contributed by atoms with E-state index in [0.29, 0.717) is 24.6 Å². The van der Waals surface area contributed by atoms with Gasteiger partial charge in [-0.15, -0.1) is 10.2 Å². The van der Waals surface area contributed by atoms with Gasteiger partial charge in [0.1, 0.15) is 23.2 Å². The van der Waals surface area contributed by atoms with Gasteiger partial charge in [-0.05, 0) is 44.2 Å². The van der Waals surface area contributed by atoms with Crippen molar-refractivity contribution < 1.29 is 14.6 Å². The first-order valence-corrected chi connectivity index (χ1v) is 10.2. The molecular formula is C21H30N6O3. The summed E-state index contributed by atoms with van der Waals surface area (Å²) < 4.78 is 7.56. The summed E-state index contributed by atoms with van der Waals surface area (Å²) in [6.45, 7) is 8.70. The molecule has 1 amide bonds. The molecule has 0 aliphatic rings. The number of amides is 1. The van der Waals surface area contributed by atoms with Gasteiger partial charge in [0.25, 0.3) is 0 Å². The number of anilines is 1. The average molecular weight is 415 g/mol. The minimum atomic E-state index is -0.965. The lowest BCUT2D eigenvalue weighted by molar-refractivity contribution is -0.131. The fraction of sp³-hybridized carbons (Fsp3) is 0.524. The third-order valence-corrected chi connectivity index (χ3v) is 5.11. The number of aromatic nitrogens is 4. The zero-order valence-electron chi connectivity index (χ0n) is 18.2. The van der Waals surface area contributed by atoms with E-state index in [-0.39, 0.29) is 11.8 Å². The second-order valence-electron chi connectivity index (χ2n) is 7.76. The van der Waals surface area contributed by atoms with Crippen molar-refractivity contribution in [2.45, 2.75) is 46.6 Å². The first-order chi connectivity index (χ1) is 14.3. The number of nitrogens with zero attached hydrogens (tertiary/aromatic N) is 4. The molecule has 1 unspecified atom stereocenters. The van der Waals surface area contributed by atoms with Crippen LogP contribution in [-0.4, -0.2) is 56.9 Å². The number of unbranched alkanes of at least 4 members (excludes halogenated alkanes) is 1. The van der Waals surface area contributed by atoms with Crippen LogP contribution in [0, 0.1) is 19.8 Å². The maximum absolute atomic E-state index is 11.8. The molecule has 3 aromatic rings. The van der Waals surface area contributed by atoms with Crippen LogP contribution in [-0.2, 0) is 4.79 Å². The highest BCUT2D eigenvalue weighted by Crippen LogP contribution is 2.31. The summed E-state index contributed by atoms with van der Waals surface area (Å²) in [6.07, 6.45) is 0.636. The van der Waals surface area contributed by atoms with Crippen molar-refractivity contribution in [2.24, 2.45) is 5.92 Å². The number of fused-ring (bicyclic) bond motifs is 3. The van der Waals surface area contributed by atoms with Gasteiger partial charge in [-0.25, -0.2) is 4.98 Å². The summed E-state index contributed by atoms with van der Waals surface area (Å²) in [4.78, 5) is 16.6. The van der Waals surface area contributed by atoms with Crippen molar-refractivity contribution in [1.82, 2.24) is 24.9 Å². The molecule has 0 aliphatic heterocycles. The molecule has 2 heterocycles. The highest BCUT2D eigenvalue weighted by molar-refractivity contribution is 5.88. The summed E-state index contributed by atoms with van der Waals surface area (Å²) >= 11 is 0. The number of rotatable bonds is 9. The fourth-order valence-corrected chi connectivity index (χ4v) is 3.37. The second-order valence-corrected chi connectivity index (χ2v) is 7.76. The summed E-state index contributed by atoms with van der Waals surface area (Å²) in [5.74, 6) is 1.73. The Morgan fingerprint density at radius 2 is 1.93 bits per heavy atom. The third kappa shape index (κ3) is 4.30. The number of aliphatic hydroxyl groups is 1. The third-order valence-electron chi connectivity index (χ3n) is 5.11. The number of carbonyl (C=O) groups is 1. The number of methoxy groups -OCH3 is 1. The van der Waals surface area contributed by atoms with E-state index < -0.39 is 6.10 Å². The number of hydrogen-bond donors (Lipinski definition) is 3. The number of ether oxygens (including phenoxy) is 1. The summed E-state index contributed by atoms with van der Waals surface area (Å²) in [6, 6.07) is 4.00. The van der Waals surface area contributed by atoms with Crippen molar-refractivity contribution in [3.8, 4) is 5.75 Å². The molecule has 0 fully saturated rings. The van der Waals surface area contributed by atoms with Gasteiger partial charge in [0.15, 0.2) is 5.82 Å². The highest BCUT2D eigenvalue weighted by atomic mass is 16.5. The molecule has 9 nitrogen and oxygen atoms in total. The van der Waals surface area contributed by atoms with Gasteiger partial charge in [-0.1, -0.05) is 19.9 Å². The molecule has 1 atom stereocenters. The van der Waals surface area contributed by atoms with Gasteiger partial charge in [0.05, 0.1) is 12.6 Å². The maximum atomic E-state index is 11.8. The molecular weight excluding hydrogens is 384 g/mol. The van der Waals surface area contributed by atoms with Crippen molar-refractivity contribution in [2.75, 3.05) is 25.5 Å². The number of benzene rings is 1. The van der Waals surface area contributed by atoms with Gasteiger partial charge >= 0.3 is 0 Å². The Bertz CT molecular complexity index is 1050. The summed E-state index contributed by atoms with van der Waals surface area (Å²) in [5.41, 5.74) is 3.32. The lowest BCUT2D eigenvalue weighted by Gasteiger charge is -2.14. The van der Waals surface area contributed by atoms with E-state index in [1.54, 1.807) is 7.11 Å².